The molecule has 2 aromatic heterocycles. The van der Waals surface area contributed by atoms with Crippen LogP contribution >= 0.6 is 23.3 Å². The molecule has 0 aliphatic heterocycles. The summed E-state index contributed by atoms with van der Waals surface area (Å²) in [5, 5.41) is 2.93. The van der Waals surface area contributed by atoms with Crippen molar-refractivity contribution in [1.29, 1.82) is 0 Å². The molecule has 6 nitrogen and oxygen atoms in total. The molecule has 0 fully saturated rings. The van der Waals surface area contributed by atoms with E-state index in [1.807, 2.05) is 12.1 Å². The van der Waals surface area contributed by atoms with E-state index in [0.717, 1.165) is 34.9 Å². The zero-order valence-electron chi connectivity index (χ0n) is 15.4. The number of aromatic nitrogens is 4. The lowest BCUT2D eigenvalue weighted by Crippen LogP contribution is -2.04. The average molecular weight is 462 g/mol. The van der Waals surface area contributed by atoms with Crippen LogP contribution < -0.4 is 10.1 Å². The highest BCUT2D eigenvalue weighted by Gasteiger charge is 2.31. The van der Waals surface area contributed by atoms with Gasteiger partial charge in [-0.1, -0.05) is 11.6 Å². The van der Waals surface area contributed by atoms with Crippen molar-refractivity contribution in [3.63, 3.8) is 0 Å². The highest BCUT2D eigenvalue weighted by molar-refractivity contribution is 7.00. The van der Waals surface area contributed by atoms with E-state index in [1.54, 1.807) is 30.3 Å². The van der Waals surface area contributed by atoms with Crippen molar-refractivity contribution in [3.05, 3.63) is 65.2 Å². The molecule has 0 unspecified atom stereocenters. The minimum Gasteiger partial charge on any atom is -0.457 e. The normalized spacial score (nSPS) is 11.9. The van der Waals surface area contributed by atoms with Crippen LogP contribution in [0.2, 0.25) is 5.02 Å². The minimum absolute atomic E-state index is 0.0786. The number of imidazole rings is 1. The predicted octanol–water partition coefficient (Wildman–Crippen LogP) is 6.78. The molecule has 0 saturated heterocycles. The predicted molar refractivity (Wildman–Crippen MR) is 113 cm³/mol. The van der Waals surface area contributed by atoms with Crippen molar-refractivity contribution >= 4 is 57.0 Å². The fraction of sp³-hybridized carbons (Fsp3) is 0.0500. The summed E-state index contributed by atoms with van der Waals surface area (Å²) in [5.74, 6) is 1.51. The van der Waals surface area contributed by atoms with Gasteiger partial charge in [-0.2, -0.15) is 21.9 Å². The quantitative estimate of drug-likeness (QED) is 0.308. The number of rotatable bonds is 4. The maximum atomic E-state index is 13.0. The summed E-state index contributed by atoms with van der Waals surface area (Å²) in [7, 11) is 0. The van der Waals surface area contributed by atoms with Crippen LogP contribution in [0.15, 0.2) is 54.6 Å². The van der Waals surface area contributed by atoms with Gasteiger partial charge in [0, 0.05) is 11.8 Å². The summed E-state index contributed by atoms with van der Waals surface area (Å²) >= 11 is 7.12. The Morgan fingerprint density at radius 3 is 2.45 bits per heavy atom. The molecule has 0 aliphatic rings. The van der Waals surface area contributed by atoms with E-state index in [4.69, 9.17) is 16.3 Å². The van der Waals surface area contributed by atoms with E-state index in [0.29, 0.717) is 17.2 Å². The van der Waals surface area contributed by atoms with Gasteiger partial charge in [-0.15, -0.1) is 0 Å². The van der Waals surface area contributed by atoms with Crippen LogP contribution in [0.4, 0.5) is 24.8 Å². The van der Waals surface area contributed by atoms with E-state index >= 15 is 0 Å². The van der Waals surface area contributed by atoms with Crippen LogP contribution in [0, 0.1) is 0 Å². The molecule has 0 radical (unpaired) electrons. The number of aromatic amines is 1. The second-order valence-electron chi connectivity index (χ2n) is 6.60. The van der Waals surface area contributed by atoms with Crippen molar-refractivity contribution in [2.24, 2.45) is 0 Å². The maximum absolute atomic E-state index is 13.0. The number of nitrogens with zero attached hydrogens (tertiary/aromatic N) is 3. The zero-order valence-corrected chi connectivity index (χ0v) is 16.9. The van der Waals surface area contributed by atoms with Gasteiger partial charge in [0.25, 0.3) is 0 Å². The lowest BCUT2D eigenvalue weighted by molar-refractivity contribution is -0.137. The molecule has 0 aliphatic carbocycles. The van der Waals surface area contributed by atoms with Crippen molar-refractivity contribution in [2.75, 3.05) is 5.32 Å². The monoisotopic (exact) mass is 461 g/mol. The van der Waals surface area contributed by atoms with Crippen LogP contribution in [0.5, 0.6) is 11.5 Å². The topological polar surface area (TPSA) is 75.7 Å². The van der Waals surface area contributed by atoms with Crippen LogP contribution in [-0.4, -0.2) is 18.7 Å². The highest BCUT2D eigenvalue weighted by atomic mass is 35.5. The first-order chi connectivity index (χ1) is 14.8. The molecule has 0 atom stereocenters. The molecule has 2 heterocycles. The number of H-pyrrole nitrogens is 1. The summed E-state index contributed by atoms with van der Waals surface area (Å²) in [6, 6.07) is 14.3. The fourth-order valence-corrected chi connectivity index (χ4v) is 3.78. The lowest BCUT2D eigenvalue weighted by Gasteiger charge is -2.07. The van der Waals surface area contributed by atoms with Gasteiger partial charge in [-0.05, 0) is 48.5 Å². The van der Waals surface area contributed by atoms with Crippen LogP contribution in [0.3, 0.4) is 0 Å². The number of anilines is 2. The summed E-state index contributed by atoms with van der Waals surface area (Å²) in [6.45, 7) is 0. The Balaban J connectivity index is 1.34. The summed E-state index contributed by atoms with van der Waals surface area (Å²) in [6.07, 6.45) is -4.49. The third-order valence-electron chi connectivity index (χ3n) is 4.45. The largest absolute Gasteiger partial charge is 0.457 e. The van der Waals surface area contributed by atoms with E-state index in [-0.39, 0.29) is 22.0 Å². The summed E-state index contributed by atoms with van der Waals surface area (Å²) in [4.78, 5) is 7.05. The molecule has 0 spiro atoms. The van der Waals surface area contributed by atoms with Gasteiger partial charge in [0.1, 0.15) is 28.0 Å². The highest BCUT2D eigenvalue weighted by Crippen LogP contribution is 2.35. The molecule has 2 N–H and O–H groups in total. The number of benzene rings is 3. The Bertz CT molecular complexity index is 1400. The number of alkyl halides is 3. The van der Waals surface area contributed by atoms with Gasteiger partial charge in [0.2, 0.25) is 5.95 Å². The van der Waals surface area contributed by atoms with Crippen LogP contribution in [0.25, 0.3) is 22.1 Å². The molecule has 5 aromatic rings. The molecule has 0 bridgehead atoms. The van der Waals surface area contributed by atoms with Gasteiger partial charge in [0.15, 0.2) is 0 Å². The van der Waals surface area contributed by atoms with Gasteiger partial charge < -0.3 is 15.0 Å². The Morgan fingerprint density at radius 2 is 1.68 bits per heavy atom. The average Bonchev–Trinajstić information content (AvgIpc) is 3.35. The summed E-state index contributed by atoms with van der Waals surface area (Å²) < 4.78 is 53.1. The number of nitrogens with one attached hydrogen (secondary N) is 2. The van der Waals surface area contributed by atoms with E-state index in [1.165, 1.54) is 0 Å². The number of hydrogen-bond donors (Lipinski definition) is 2. The summed E-state index contributed by atoms with van der Waals surface area (Å²) in [5.41, 5.74) is 1.84. The van der Waals surface area contributed by atoms with Gasteiger partial charge in [0.05, 0.1) is 27.8 Å². The Kier molecular flexibility index (Phi) is 4.67. The third kappa shape index (κ3) is 3.99. The first-order valence-electron chi connectivity index (χ1n) is 8.89. The first-order valence-corrected chi connectivity index (χ1v) is 10.00. The molecule has 156 valence electrons. The minimum atomic E-state index is -4.49. The molecule has 0 saturated carbocycles. The number of hydrogen-bond acceptors (Lipinski definition) is 6. The van der Waals surface area contributed by atoms with E-state index < -0.39 is 11.7 Å². The molecular weight excluding hydrogens is 451 g/mol. The van der Waals surface area contributed by atoms with Gasteiger partial charge >= 0.3 is 6.18 Å². The SMILES string of the molecule is FC(F)(F)c1cc(Cl)c2nc(Nc3ccc(Oc4ccc5nsnc5c4)cc3)[nH]c2c1. The van der Waals surface area contributed by atoms with Crippen molar-refractivity contribution in [1.82, 2.24) is 18.7 Å². The van der Waals surface area contributed by atoms with Crippen molar-refractivity contribution in [2.45, 2.75) is 6.18 Å². The maximum Gasteiger partial charge on any atom is 0.416 e. The fourth-order valence-electron chi connectivity index (χ4n) is 3.00. The Hall–Kier alpha value is -3.37. The Labute approximate surface area is 182 Å². The van der Waals surface area contributed by atoms with Crippen molar-refractivity contribution in [3.8, 4) is 11.5 Å². The Morgan fingerprint density at radius 1 is 0.935 bits per heavy atom. The molecule has 5 rings (SSSR count). The van der Waals surface area contributed by atoms with E-state index in [9.17, 15) is 13.2 Å². The zero-order chi connectivity index (χ0) is 21.6. The number of halogens is 4. The van der Waals surface area contributed by atoms with Crippen molar-refractivity contribution < 1.29 is 17.9 Å². The smallest absolute Gasteiger partial charge is 0.416 e. The lowest BCUT2D eigenvalue weighted by atomic mass is 10.2. The van der Waals surface area contributed by atoms with Gasteiger partial charge in [-0.25, -0.2) is 4.98 Å². The number of fused-ring (bicyclic) bond motifs is 2. The molecular formula is C20H11ClF3N5OS. The molecule has 0 amide bonds. The molecule has 31 heavy (non-hydrogen) atoms. The third-order valence-corrected chi connectivity index (χ3v) is 5.29. The standard InChI is InChI=1S/C20H11ClF3N5OS/c21-14-7-10(20(22,23)24)8-17-18(14)27-19(26-17)25-11-1-3-12(4-2-11)30-13-5-6-15-16(9-13)29-31-28-15/h1-9H,(H2,25,26,27). The van der Waals surface area contributed by atoms with E-state index in [2.05, 4.69) is 24.0 Å². The second-order valence-corrected chi connectivity index (χ2v) is 7.54. The number of ether oxygens (including phenoxy) is 1. The van der Waals surface area contributed by atoms with Crippen LogP contribution in [-0.2, 0) is 6.18 Å². The second kappa shape index (κ2) is 7.40. The van der Waals surface area contributed by atoms with Crippen LogP contribution in [0.1, 0.15) is 5.56 Å². The molecule has 11 heteroatoms. The molecule has 3 aromatic carbocycles. The van der Waals surface area contributed by atoms with Gasteiger partial charge in [-0.3, -0.25) is 0 Å². The first kappa shape index (κ1) is 19.6.